The Morgan fingerprint density at radius 1 is 1.25 bits per heavy atom. The molecule has 1 spiro atoms. The highest BCUT2D eigenvalue weighted by molar-refractivity contribution is 6.24. The first kappa shape index (κ1) is 20.6. The molecule has 1 amide bonds. The van der Waals surface area contributed by atoms with Crippen molar-refractivity contribution in [2.75, 3.05) is 13.7 Å². The molecule has 1 aliphatic carbocycles. The lowest BCUT2D eigenvalue weighted by molar-refractivity contribution is -0.116. The molecule has 7 heteroatoms. The van der Waals surface area contributed by atoms with E-state index in [4.69, 9.17) is 9.47 Å². The number of rotatable bonds is 5. The van der Waals surface area contributed by atoms with Crippen molar-refractivity contribution in [3.63, 3.8) is 0 Å². The van der Waals surface area contributed by atoms with Crippen LogP contribution in [0.15, 0.2) is 17.9 Å². The summed E-state index contributed by atoms with van der Waals surface area (Å²) in [7, 11) is 1.67. The second kappa shape index (κ2) is 7.35. The van der Waals surface area contributed by atoms with Gasteiger partial charge in [-0.1, -0.05) is 0 Å². The molecule has 5 nitrogen and oxygen atoms in total. The number of aryl methyl sites for hydroxylation is 2. The lowest BCUT2D eigenvalue weighted by atomic mass is 9.79. The summed E-state index contributed by atoms with van der Waals surface area (Å²) in [6.07, 6.45) is 2.86. The molecule has 0 saturated heterocycles. The van der Waals surface area contributed by atoms with E-state index in [1.54, 1.807) is 33.1 Å². The number of hydrogen-bond acceptors (Lipinski definition) is 4. The number of aliphatic hydroxyl groups is 1. The summed E-state index contributed by atoms with van der Waals surface area (Å²) >= 11 is 0. The number of halogens is 2. The fourth-order valence-electron chi connectivity index (χ4n) is 4.21. The van der Waals surface area contributed by atoms with Gasteiger partial charge in [0.1, 0.15) is 11.5 Å². The van der Waals surface area contributed by atoms with Gasteiger partial charge in [-0.2, -0.15) is 0 Å². The van der Waals surface area contributed by atoms with E-state index < -0.39 is 18.1 Å². The number of methoxy groups -OCH3 is 1. The highest BCUT2D eigenvalue weighted by Crippen LogP contribution is 2.43. The van der Waals surface area contributed by atoms with Crippen LogP contribution in [0.3, 0.4) is 0 Å². The molecule has 154 valence electrons. The minimum absolute atomic E-state index is 0.0620. The van der Waals surface area contributed by atoms with Crippen molar-refractivity contribution in [1.29, 1.82) is 0 Å². The number of hydrogen-bond donors (Lipinski definition) is 2. The molecule has 2 N–H and O–H groups in total. The van der Waals surface area contributed by atoms with E-state index in [9.17, 15) is 18.7 Å². The zero-order valence-electron chi connectivity index (χ0n) is 16.7. The first-order valence-electron chi connectivity index (χ1n) is 9.47. The Hall–Kier alpha value is -2.15. The Kier molecular flexibility index (Phi) is 5.40. The van der Waals surface area contributed by atoms with E-state index in [2.05, 4.69) is 5.32 Å². The second-order valence-electron chi connectivity index (χ2n) is 7.99. The predicted molar refractivity (Wildman–Crippen MR) is 102 cm³/mol. The highest BCUT2D eigenvalue weighted by atomic mass is 19.3. The van der Waals surface area contributed by atoms with E-state index in [-0.39, 0.29) is 23.3 Å². The van der Waals surface area contributed by atoms with Crippen LogP contribution in [0.4, 0.5) is 8.78 Å². The van der Waals surface area contributed by atoms with Crippen molar-refractivity contribution in [2.45, 2.75) is 64.0 Å². The van der Waals surface area contributed by atoms with Crippen LogP contribution in [0.2, 0.25) is 0 Å². The predicted octanol–water partition coefficient (Wildman–Crippen LogP) is 4.06. The Morgan fingerprint density at radius 2 is 1.82 bits per heavy atom. The Balaban J connectivity index is 1.93. The van der Waals surface area contributed by atoms with Crippen LogP contribution in [0.1, 0.15) is 49.3 Å². The van der Waals surface area contributed by atoms with Crippen LogP contribution < -0.4 is 10.1 Å². The van der Waals surface area contributed by atoms with Crippen LogP contribution in [0.25, 0.3) is 5.57 Å². The zero-order valence-corrected chi connectivity index (χ0v) is 16.7. The quantitative estimate of drug-likeness (QED) is 0.789. The number of amides is 1. The minimum Gasteiger partial charge on any atom is -0.509 e. The molecule has 28 heavy (non-hydrogen) atoms. The highest BCUT2D eigenvalue weighted by Gasteiger charge is 2.48. The van der Waals surface area contributed by atoms with Crippen molar-refractivity contribution < 1.29 is 28.2 Å². The molecule has 1 aromatic carbocycles. The summed E-state index contributed by atoms with van der Waals surface area (Å²) in [5, 5.41) is 14.0. The van der Waals surface area contributed by atoms with Gasteiger partial charge < -0.3 is 19.9 Å². The molecule has 1 aromatic rings. The van der Waals surface area contributed by atoms with E-state index >= 15 is 0 Å². The van der Waals surface area contributed by atoms with Gasteiger partial charge in [0, 0.05) is 14.0 Å². The number of carbonyl (C=O) groups excluding carboxylic acids is 1. The molecule has 0 bridgehead atoms. The van der Waals surface area contributed by atoms with Gasteiger partial charge in [0.15, 0.2) is 6.61 Å². The van der Waals surface area contributed by atoms with E-state index in [0.717, 1.165) is 19.8 Å². The average Bonchev–Trinajstić information content (AvgIpc) is 2.84. The Labute approximate surface area is 163 Å². The summed E-state index contributed by atoms with van der Waals surface area (Å²) in [5.74, 6) is -2.87. The van der Waals surface area contributed by atoms with E-state index in [1.807, 2.05) is 0 Å². The van der Waals surface area contributed by atoms with E-state index in [0.29, 0.717) is 35.3 Å². The third-order valence-corrected chi connectivity index (χ3v) is 5.64. The summed E-state index contributed by atoms with van der Waals surface area (Å²) in [4.78, 5) is 12.8. The van der Waals surface area contributed by atoms with Gasteiger partial charge in [-0.3, -0.25) is 4.79 Å². The normalized spacial score (nSPS) is 25.4. The Bertz CT molecular complexity index is 782. The van der Waals surface area contributed by atoms with Gasteiger partial charge in [0.05, 0.1) is 17.2 Å². The van der Waals surface area contributed by atoms with E-state index in [1.165, 1.54) is 0 Å². The minimum atomic E-state index is -2.93. The molecule has 0 unspecified atom stereocenters. The maximum atomic E-state index is 13.1. The van der Waals surface area contributed by atoms with Gasteiger partial charge in [0.25, 0.3) is 11.8 Å². The average molecular weight is 395 g/mol. The fourth-order valence-corrected chi connectivity index (χ4v) is 4.21. The van der Waals surface area contributed by atoms with Gasteiger partial charge in [0.2, 0.25) is 0 Å². The standard InChI is InChI=1S/C21H27F2NO4/c1-12-9-15(28-11-20(3,22)23)10-13(2)16(12)17-18(25)21(24-19(17)26)7-5-14(27-4)6-8-21/h9-10,14,25H,5-8,11H2,1-4H3,(H,24,26)/t14-,21+. The van der Waals surface area contributed by atoms with Gasteiger partial charge in [-0.15, -0.1) is 0 Å². The van der Waals surface area contributed by atoms with Crippen molar-refractivity contribution in [1.82, 2.24) is 5.32 Å². The number of alkyl halides is 2. The third-order valence-electron chi connectivity index (χ3n) is 5.64. The number of carbonyl (C=O) groups is 1. The first-order chi connectivity index (χ1) is 13.1. The molecule has 1 saturated carbocycles. The van der Waals surface area contributed by atoms with Crippen LogP contribution >= 0.6 is 0 Å². The molecule has 1 heterocycles. The first-order valence-corrected chi connectivity index (χ1v) is 9.47. The lowest BCUT2D eigenvalue weighted by Crippen LogP contribution is -2.48. The summed E-state index contributed by atoms with van der Waals surface area (Å²) < 4.78 is 36.7. The number of ether oxygens (including phenoxy) is 2. The molecule has 1 aliphatic heterocycles. The molecule has 0 aromatic heterocycles. The number of nitrogens with one attached hydrogen (secondary N) is 1. The largest absolute Gasteiger partial charge is 0.509 e. The van der Waals surface area contributed by atoms with Crippen LogP contribution in [0.5, 0.6) is 5.75 Å². The van der Waals surface area contributed by atoms with Crippen LogP contribution in [-0.4, -0.2) is 42.3 Å². The summed E-state index contributed by atoms with van der Waals surface area (Å²) in [6.45, 7) is 3.63. The maximum absolute atomic E-state index is 13.1. The summed E-state index contributed by atoms with van der Waals surface area (Å²) in [6, 6.07) is 3.24. The van der Waals surface area contributed by atoms with Gasteiger partial charge in [-0.05, 0) is 68.4 Å². The molecule has 1 fully saturated rings. The molecular weight excluding hydrogens is 368 g/mol. The van der Waals surface area contributed by atoms with Crippen molar-refractivity contribution >= 4 is 11.5 Å². The zero-order chi connectivity index (χ0) is 20.7. The van der Waals surface area contributed by atoms with Gasteiger partial charge >= 0.3 is 0 Å². The molecule has 2 aliphatic rings. The van der Waals surface area contributed by atoms with Crippen molar-refractivity contribution in [3.8, 4) is 5.75 Å². The number of benzene rings is 1. The van der Waals surface area contributed by atoms with Gasteiger partial charge in [-0.25, -0.2) is 8.78 Å². The summed E-state index contributed by atoms with van der Waals surface area (Å²) in [5.41, 5.74) is 1.51. The molecule has 3 rings (SSSR count). The topological polar surface area (TPSA) is 67.8 Å². The third kappa shape index (κ3) is 3.85. The number of aliphatic hydroxyl groups excluding tert-OH is 1. The fraction of sp³-hybridized carbons (Fsp3) is 0.571. The molecule has 0 radical (unpaired) electrons. The SMILES string of the molecule is CO[C@H]1CC[C@]2(CC1)NC(=O)C(c1c(C)cc(OCC(C)(F)F)cc1C)=C2O. The smallest absolute Gasteiger partial charge is 0.278 e. The maximum Gasteiger partial charge on any atom is 0.278 e. The molecular formula is C21H27F2NO4. The Morgan fingerprint density at radius 3 is 2.32 bits per heavy atom. The van der Waals surface area contributed by atoms with Crippen molar-refractivity contribution in [3.05, 3.63) is 34.6 Å². The lowest BCUT2D eigenvalue weighted by Gasteiger charge is -2.36. The van der Waals surface area contributed by atoms with Crippen LogP contribution in [-0.2, 0) is 9.53 Å². The van der Waals surface area contributed by atoms with Crippen molar-refractivity contribution in [2.24, 2.45) is 0 Å². The van der Waals surface area contributed by atoms with Crippen LogP contribution in [0, 0.1) is 13.8 Å². The monoisotopic (exact) mass is 395 g/mol. The second-order valence-corrected chi connectivity index (χ2v) is 7.99. The molecule has 0 atom stereocenters.